The van der Waals surface area contributed by atoms with Crippen molar-refractivity contribution in [3.63, 3.8) is 0 Å². The normalized spacial score (nSPS) is 23.0. The first-order chi connectivity index (χ1) is 13.6. The smallest absolute Gasteiger partial charge is 0.236 e. The summed E-state index contributed by atoms with van der Waals surface area (Å²) >= 11 is 5.57. The van der Waals surface area contributed by atoms with Crippen LogP contribution in [0.15, 0.2) is 0 Å². The van der Waals surface area contributed by atoms with Crippen LogP contribution in [0.4, 0.5) is 0 Å². The van der Waals surface area contributed by atoms with Crippen molar-refractivity contribution in [1.82, 2.24) is 29.8 Å². The molecule has 0 spiro atoms. The van der Waals surface area contributed by atoms with Gasteiger partial charge in [0.05, 0.1) is 19.8 Å². The Morgan fingerprint density at radius 1 is 0.893 bits per heavy atom. The van der Waals surface area contributed by atoms with Crippen molar-refractivity contribution in [2.75, 3.05) is 105 Å². The number of likely N-dealkylation sites (N-methyl/N-ethyl adjacent to an activating group) is 1. The first kappa shape index (κ1) is 21.7. The molecule has 3 rings (SSSR count). The maximum absolute atomic E-state index is 12.5. The van der Waals surface area contributed by atoms with E-state index in [1.54, 1.807) is 0 Å². The Bertz CT molecular complexity index is 501. The zero-order valence-electron chi connectivity index (χ0n) is 17.3. The lowest BCUT2D eigenvalue weighted by Gasteiger charge is -2.38. The number of amides is 1. The molecule has 0 atom stereocenters. The van der Waals surface area contributed by atoms with Gasteiger partial charge in [0.2, 0.25) is 5.91 Å². The second kappa shape index (κ2) is 11.3. The minimum absolute atomic E-state index is 0.269. The Morgan fingerprint density at radius 3 is 2.21 bits per heavy atom. The Hall–Kier alpha value is -1.00. The molecule has 0 radical (unpaired) electrons. The van der Waals surface area contributed by atoms with Gasteiger partial charge in [0, 0.05) is 72.0 Å². The highest BCUT2D eigenvalue weighted by atomic mass is 32.1. The first-order valence-corrected chi connectivity index (χ1v) is 11.0. The van der Waals surface area contributed by atoms with Gasteiger partial charge in [0.25, 0.3) is 0 Å². The van der Waals surface area contributed by atoms with Crippen LogP contribution < -0.4 is 5.32 Å². The molecule has 3 aliphatic heterocycles. The van der Waals surface area contributed by atoms with Gasteiger partial charge in [-0.2, -0.15) is 0 Å². The lowest BCUT2D eigenvalue weighted by Crippen LogP contribution is -2.55. The van der Waals surface area contributed by atoms with Gasteiger partial charge >= 0.3 is 0 Å². The summed E-state index contributed by atoms with van der Waals surface area (Å²) in [7, 11) is 2.11. The standard InChI is InChI=1S/C19H36N6O2S/c1-21-5-9-24(10-6-21)18(26)17-23-7-11-25(12-8-23)19(28)20-3-2-4-22-13-15-27-16-14-22/h2-17H2,1H3,(H,20,28). The first-order valence-electron chi connectivity index (χ1n) is 10.6. The second-order valence-corrected chi connectivity index (χ2v) is 8.37. The van der Waals surface area contributed by atoms with Crippen LogP contribution in [-0.4, -0.2) is 141 Å². The molecule has 1 amide bonds. The zero-order chi connectivity index (χ0) is 19.8. The van der Waals surface area contributed by atoms with E-state index in [1.165, 1.54) is 0 Å². The van der Waals surface area contributed by atoms with Gasteiger partial charge in [-0.25, -0.2) is 0 Å². The molecule has 0 aliphatic carbocycles. The number of hydrogen-bond acceptors (Lipinski definition) is 6. The molecule has 9 heteroatoms. The number of carbonyl (C=O) groups excluding carboxylic acids is 1. The number of carbonyl (C=O) groups is 1. The monoisotopic (exact) mass is 412 g/mol. The van der Waals surface area contributed by atoms with Crippen molar-refractivity contribution in [3.8, 4) is 0 Å². The van der Waals surface area contributed by atoms with Crippen LogP contribution in [0, 0.1) is 0 Å². The van der Waals surface area contributed by atoms with Crippen LogP contribution in [0.2, 0.25) is 0 Å². The molecule has 0 aromatic carbocycles. The average Bonchev–Trinajstić information content (AvgIpc) is 2.73. The highest BCUT2D eigenvalue weighted by molar-refractivity contribution is 7.80. The highest BCUT2D eigenvalue weighted by Crippen LogP contribution is 2.06. The Balaban J connectivity index is 1.26. The third-order valence-electron chi connectivity index (χ3n) is 5.91. The van der Waals surface area contributed by atoms with E-state index in [0.29, 0.717) is 6.54 Å². The van der Waals surface area contributed by atoms with Crippen molar-refractivity contribution in [2.45, 2.75) is 6.42 Å². The van der Waals surface area contributed by atoms with Gasteiger partial charge in [-0.15, -0.1) is 0 Å². The van der Waals surface area contributed by atoms with Crippen molar-refractivity contribution < 1.29 is 9.53 Å². The number of thiocarbonyl (C=S) groups is 1. The molecule has 3 heterocycles. The highest BCUT2D eigenvalue weighted by Gasteiger charge is 2.24. The van der Waals surface area contributed by atoms with E-state index in [0.717, 1.165) is 103 Å². The van der Waals surface area contributed by atoms with E-state index in [4.69, 9.17) is 17.0 Å². The summed E-state index contributed by atoms with van der Waals surface area (Å²) in [5.74, 6) is 0.269. The molecule has 3 aliphatic rings. The minimum Gasteiger partial charge on any atom is -0.379 e. The van der Waals surface area contributed by atoms with E-state index in [-0.39, 0.29) is 5.91 Å². The Morgan fingerprint density at radius 2 is 1.54 bits per heavy atom. The molecule has 0 aromatic rings. The maximum atomic E-state index is 12.5. The van der Waals surface area contributed by atoms with Gasteiger partial charge < -0.3 is 24.8 Å². The number of nitrogens with one attached hydrogen (secondary N) is 1. The van der Waals surface area contributed by atoms with Gasteiger partial charge in [-0.1, -0.05) is 0 Å². The zero-order valence-corrected chi connectivity index (χ0v) is 18.1. The fourth-order valence-electron chi connectivity index (χ4n) is 3.89. The van der Waals surface area contributed by atoms with E-state index in [9.17, 15) is 4.79 Å². The molecule has 0 bridgehead atoms. The van der Waals surface area contributed by atoms with Gasteiger partial charge in [0.1, 0.15) is 0 Å². The molecule has 0 unspecified atom stereocenters. The topological polar surface area (TPSA) is 54.5 Å². The van der Waals surface area contributed by atoms with E-state index in [2.05, 4.69) is 32.0 Å². The summed E-state index contributed by atoms with van der Waals surface area (Å²) in [4.78, 5) is 23.7. The SMILES string of the molecule is CN1CCN(C(=O)CN2CCN(C(=S)NCCCN3CCOCC3)CC2)CC1. The van der Waals surface area contributed by atoms with Crippen LogP contribution in [0.1, 0.15) is 6.42 Å². The molecule has 3 fully saturated rings. The molecule has 3 saturated heterocycles. The molecule has 8 nitrogen and oxygen atoms in total. The molecular formula is C19H36N6O2S. The minimum atomic E-state index is 0.269. The number of piperazine rings is 2. The number of hydrogen-bond donors (Lipinski definition) is 1. The summed E-state index contributed by atoms with van der Waals surface area (Å²) in [5.41, 5.74) is 0. The number of ether oxygens (including phenoxy) is 1. The van der Waals surface area contributed by atoms with E-state index < -0.39 is 0 Å². The Labute approximate surface area is 174 Å². The third-order valence-corrected chi connectivity index (χ3v) is 6.31. The third kappa shape index (κ3) is 6.81. The average molecular weight is 413 g/mol. The molecule has 0 aromatic heterocycles. The van der Waals surface area contributed by atoms with Gasteiger partial charge in [-0.05, 0) is 32.2 Å². The second-order valence-electron chi connectivity index (χ2n) is 7.99. The summed E-state index contributed by atoms with van der Waals surface area (Å²) in [6.45, 7) is 13.6. The van der Waals surface area contributed by atoms with Crippen molar-refractivity contribution in [3.05, 3.63) is 0 Å². The molecule has 1 N–H and O–H groups in total. The number of morpholine rings is 1. The maximum Gasteiger partial charge on any atom is 0.236 e. The molecule has 28 heavy (non-hydrogen) atoms. The van der Waals surface area contributed by atoms with Crippen LogP contribution in [0.25, 0.3) is 0 Å². The van der Waals surface area contributed by atoms with E-state index >= 15 is 0 Å². The predicted molar refractivity (Wildman–Crippen MR) is 115 cm³/mol. The summed E-state index contributed by atoms with van der Waals surface area (Å²) in [5, 5.41) is 4.26. The quantitative estimate of drug-likeness (QED) is 0.439. The Kier molecular flexibility index (Phi) is 8.72. The van der Waals surface area contributed by atoms with Gasteiger partial charge in [-0.3, -0.25) is 14.6 Å². The molecular weight excluding hydrogens is 376 g/mol. The fraction of sp³-hybridized carbons (Fsp3) is 0.895. The largest absolute Gasteiger partial charge is 0.379 e. The predicted octanol–water partition coefficient (Wildman–Crippen LogP) is -1.03. The van der Waals surface area contributed by atoms with Crippen molar-refractivity contribution in [1.29, 1.82) is 0 Å². The van der Waals surface area contributed by atoms with Crippen molar-refractivity contribution >= 4 is 23.2 Å². The molecule has 0 saturated carbocycles. The summed E-state index contributed by atoms with van der Waals surface area (Å²) < 4.78 is 5.38. The van der Waals surface area contributed by atoms with Crippen LogP contribution in [-0.2, 0) is 9.53 Å². The van der Waals surface area contributed by atoms with Crippen LogP contribution in [0.3, 0.4) is 0 Å². The lowest BCUT2D eigenvalue weighted by atomic mass is 10.3. The summed E-state index contributed by atoms with van der Waals surface area (Å²) in [6, 6.07) is 0. The number of nitrogens with zero attached hydrogens (tertiary/aromatic N) is 5. The number of rotatable bonds is 6. The summed E-state index contributed by atoms with van der Waals surface area (Å²) in [6.07, 6.45) is 1.10. The fourth-order valence-corrected chi connectivity index (χ4v) is 4.18. The van der Waals surface area contributed by atoms with E-state index in [1.807, 2.05) is 4.90 Å². The van der Waals surface area contributed by atoms with Crippen LogP contribution >= 0.6 is 12.2 Å². The van der Waals surface area contributed by atoms with Crippen LogP contribution in [0.5, 0.6) is 0 Å². The van der Waals surface area contributed by atoms with Gasteiger partial charge in [0.15, 0.2) is 5.11 Å². The van der Waals surface area contributed by atoms with Crippen molar-refractivity contribution in [2.24, 2.45) is 0 Å². The molecule has 160 valence electrons. The lowest BCUT2D eigenvalue weighted by molar-refractivity contribution is -0.134.